The Balaban J connectivity index is 1.87. The van der Waals surface area contributed by atoms with Gasteiger partial charge in [0.25, 0.3) is 0 Å². The van der Waals surface area contributed by atoms with Crippen molar-refractivity contribution in [1.82, 2.24) is 4.31 Å². The van der Waals surface area contributed by atoms with E-state index in [0.717, 1.165) is 34.3 Å². The monoisotopic (exact) mass is 440 g/mol. The predicted octanol–water partition coefficient (Wildman–Crippen LogP) is 2.33. The maximum absolute atomic E-state index is 14.1. The number of aryl methyl sites for hydroxylation is 1. The van der Waals surface area contributed by atoms with Crippen molar-refractivity contribution in [2.45, 2.75) is 35.6 Å². The standard InChI is InChI=1S/C19H21FN2O5S2/c1-13-5-7-14(8-6-13)29(26,27)22-11-3-4-18(22)19(23)21-17-12-15(28(2,24)25)9-10-16(17)20/h5-10,12,18H,3-4,11H2,1-2H3,(H,21,23). The fraction of sp³-hybridized carbons (Fsp3) is 0.316. The van der Waals surface area contributed by atoms with E-state index < -0.39 is 37.6 Å². The summed E-state index contributed by atoms with van der Waals surface area (Å²) in [4.78, 5) is 12.7. The Labute approximate surface area is 169 Å². The highest BCUT2D eigenvalue weighted by atomic mass is 32.2. The van der Waals surface area contributed by atoms with Gasteiger partial charge in [-0.15, -0.1) is 0 Å². The summed E-state index contributed by atoms with van der Waals surface area (Å²) < 4.78 is 64.5. The number of rotatable bonds is 5. The van der Waals surface area contributed by atoms with Crippen molar-refractivity contribution in [3.05, 3.63) is 53.8 Å². The van der Waals surface area contributed by atoms with Gasteiger partial charge in [0, 0.05) is 12.8 Å². The van der Waals surface area contributed by atoms with E-state index in [4.69, 9.17) is 0 Å². The molecule has 10 heteroatoms. The second kappa shape index (κ2) is 7.85. The van der Waals surface area contributed by atoms with Crippen molar-refractivity contribution in [2.75, 3.05) is 18.1 Å². The zero-order valence-corrected chi connectivity index (χ0v) is 17.6. The first-order valence-electron chi connectivity index (χ1n) is 8.89. The lowest BCUT2D eigenvalue weighted by molar-refractivity contribution is -0.119. The highest BCUT2D eigenvalue weighted by Crippen LogP contribution is 2.28. The fourth-order valence-electron chi connectivity index (χ4n) is 3.18. The number of hydrogen-bond donors (Lipinski definition) is 1. The summed E-state index contributed by atoms with van der Waals surface area (Å²) in [5.74, 6) is -1.51. The van der Waals surface area contributed by atoms with Gasteiger partial charge in [0.2, 0.25) is 15.9 Å². The highest BCUT2D eigenvalue weighted by molar-refractivity contribution is 7.90. The molecule has 1 aliphatic rings. The van der Waals surface area contributed by atoms with E-state index in [-0.39, 0.29) is 28.4 Å². The summed E-state index contributed by atoms with van der Waals surface area (Å²) in [6.45, 7) is 2.00. The van der Waals surface area contributed by atoms with Crippen LogP contribution in [0, 0.1) is 12.7 Å². The second-order valence-electron chi connectivity index (χ2n) is 6.99. The van der Waals surface area contributed by atoms with Gasteiger partial charge in [-0.25, -0.2) is 21.2 Å². The van der Waals surface area contributed by atoms with Crippen LogP contribution < -0.4 is 5.32 Å². The smallest absolute Gasteiger partial charge is 0.243 e. The van der Waals surface area contributed by atoms with Gasteiger partial charge in [-0.1, -0.05) is 17.7 Å². The molecule has 1 fully saturated rings. The Morgan fingerprint density at radius 3 is 2.31 bits per heavy atom. The van der Waals surface area contributed by atoms with E-state index in [0.29, 0.717) is 6.42 Å². The third-order valence-electron chi connectivity index (χ3n) is 4.76. The first kappa shape index (κ1) is 21.4. The van der Waals surface area contributed by atoms with Gasteiger partial charge < -0.3 is 5.32 Å². The molecule has 1 saturated heterocycles. The summed E-state index contributed by atoms with van der Waals surface area (Å²) in [5, 5.41) is 2.34. The topological polar surface area (TPSA) is 101 Å². The number of benzene rings is 2. The molecule has 1 unspecified atom stereocenters. The van der Waals surface area contributed by atoms with Crippen molar-refractivity contribution >= 4 is 31.5 Å². The molecule has 1 atom stereocenters. The Kier molecular flexibility index (Phi) is 5.79. The molecule has 0 aromatic heterocycles. The van der Waals surface area contributed by atoms with E-state index in [1.165, 1.54) is 12.1 Å². The first-order chi connectivity index (χ1) is 13.5. The molecule has 0 saturated carbocycles. The lowest BCUT2D eigenvalue weighted by Gasteiger charge is -2.23. The minimum absolute atomic E-state index is 0.0769. The Hall–Kier alpha value is -2.30. The summed E-state index contributed by atoms with van der Waals surface area (Å²) in [6.07, 6.45) is 1.73. The van der Waals surface area contributed by atoms with E-state index in [1.54, 1.807) is 12.1 Å². The van der Waals surface area contributed by atoms with E-state index >= 15 is 0 Å². The predicted molar refractivity (Wildman–Crippen MR) is 106 cm³/mol. The number of carbonyl (C=O) groups is 1. The Bertz CT molecular complexity index is 1150. The van der Waals surface area contributed by atoms with Gasteiger partial charge in [-0.05, 0) is 50.1 Å². The molecule has 0 spiro atoms. The molecule has 0 aliphatic carbocycles. The number of anilines is 1. The van der Waals surface area contributed by atoms with Crippen LogP contribution in [0.25, 0.3) is 0 Å². The number of nitrogens with one attached hydrogen (secondary N) is 1. The van der Waals surface area contributed by atoms with Crippen LogP contribution in [0.4, 0.5) is 10.1 Å². The van der Waals surface area contributed by atoms with Crippen LogP contribution in [0.15, 0.2) is 52.3 Å². The van der Waals surface area contributed by atoms with Crippen LogP contribution >= 0.6 is 0 Å². The average Bonchev–Trinajstić information content (AvgIpc) is 3.14. The van der Waals surface area contributed by atoms with Gasteiger partial charge in [0.05, 0.1) is 15.5 Å². The Morgan fingerprint density at radius 1 is 1.07 bits per heavy atom. The molecular formula is C19H21FN2O5S2. The zero-order chi connectivity index (χ0) is 21.4. The second-order valence-corrected chi connectivity index (χ2v) is 10.9. The summed E-state index contributed by atoms with van der Waals surface area (Å²) in [7, 11) is -7.50. The van der Waals surface area contributed by atoms with E-state index in [9.17, 15) is 26.0 Å². The van der Waals surface area contributed by atoms with Crippen LogP contribution in [0.1, 0.15) is 18.4 Å². The molecule has 1 amide bonds. The summed E-state index contributed by atoms with van der Waals surface area (Å²) >= 11 is 0. The molecule has 7 nitrogen and oxygen atoms in total. The van der Waals surface area contributed by atoms with Crippen LogP contribution in [0.5, 0.6) is 0 Å². The number of sulfonamides is 1. The Morgan fingerprint density at radius 2 is 1.69 bits per heavy atom. The molecule has 29 heavy (non-hydrogen) atoms. The largest absolute Gasteiger partial charge is 0.322 e. The number of sulfone groups is 1. The number of carbonyl (C=O) groups excluding carboxylic acids is 1. The van der Waals surface area contributed by atoms with E-state index in [1.807, 2.05) is 6.92 Å². The van der Waals surface area contributed by atoms with Crippen molar-refractivity contribution in [3.8, 4) is 0 Å². The molecule has 3 rings (SSSR count). The maximum atomic E-state index is 14.1. The number of hydrogen-bond acceptors (Lipinski definition) is 5. The minimum Gasteiger partial charge on any atom is -0.322 e. The normalized spacial score (nSPS) is 18.0. The molecule has 156 valence electrons. The van der Waals surface area contributed by atoms with Crippen molar-refractivity contribution < 1.29 is 26.0 Å². The van der Waals surface area contributed by atoms with Gasteiger partial charge in [-0.3, -0.25) is 4.79 Å². The number of amides is 1. The van der Waals surface area contributed by atoms with E-state index in [2.05, 4.69) is 5.32 Å². The van der Waals surface area contributed by atoms with Crippen LogP contribution in [0.2, 0.25) is 0 Å². The minimum atomic E-state index is -3.90. The maximum Gasteiger partial charge on any atom is 0.243 e. The molecular weight excluding hydrogens is 419 g/mol. The third-order valence-corrected chi connectivity index (χ3v) is 7.79. The van der Waals surface area contributed by atoms with Crippen LogP contribution in [0.3, 0.4) is 0 Å². The highest BCUT2D eigenvalue weighted by Gasteiger charge is 2.39. The number of halogens is 1. The third kappa shape index (κ3) is 4.49. The summed E-state index contributed by atoms with van der Waals surface area (Å²) in [6, 6.07) is 8.36. The molecule has 1 N–H and O–H groups in total. The van der Waals surface area contributed by atoms with Crippen molar-refractivity contribution in [1.29, 1.82) is 0 Å². The summed E-state index contributed by atoms with van der Waals surface area (Å²) in [5.41, 5.74) is 0.596. The SMILES string of the molecule is Cc1ccc(S(=O)(=O)N2CCCC2C(=O)Nc2cc(S(C)(=O)=O)ccc2F)cc1. The average molecular weight is 441 g/mol. The van der Waals surface area contributed by atoms with Gasteiger partial charge in [0.15, 0.2) is 9.84 Å². The molecule has 0 bridgehead atoms. The number of nitrogens with zero attached hydrogens (tertiary/aromatic N) is 1. The zero-order valence-electron chi connectivity index (χ0n) is 15.9. The lowest BCUT2D eigenvalue weighted by atomic mass is 10.2. The lowest BCUT2D eigenvalue weighted by Crippen LogP contribution is -2.43. The molecule has 1 heterocycles. The molecule has 0 radical (unpaired) electrons. The fourth-order valence-corrected chi connectivity index (χ4v) is 5.49. The first-order valence-corrected chi connectivity index (χ1v) is 12.2. The molecule has 2 aromatic carbocycles. The van der Waals surface area contributed by atoms with Gasteiger partial charge in [0.1, 0.15) is 11.9 Å². The van der Waals surface area contributed by atoms with Gasteiger partial charge in [-0.2, -0.15) is 4.31 Å². The molecule has 2 aromatic rings. The van der Waals surface area contributed by atoms with Crippen molar-refractivity contribution in [3.63, 3.8) is 0 Å². The van der Waals surface area contributed by atoms with Crippen LogP contribution in [-0.4, -0.2) is 45.9 Å². The van der Waals surface area contributed by atoms with Crippen LogP contribution in [-0.2, 0) is 24.7 Å². The quantitative estimate of drug-likeness (QED) is 0.720. The molecule has 1 aliphatic heterocycles. The van der Waals surface area contributed by atoms with Crippen molar-refractivity contribution in [2.24, 2.45) is 0 Å². The van der Waals surface area contributed by atoms with Gasteiger partial charge >= 0.3 is 0 Å².